The Morgan fingerprint density at radius 1 is 1.29 bits per heavy atom. The normalized spacial score (nSPS) is 10.4. The SMILES string of the molecule is Cc1cc(Oc2ccc(Cl)c(C)c2Cl)cc(C(=O)NO)c1[N+](=O)[O-]. The van der Waals surface area contributed by atoms with Crippen molar-refractivity contribution in [1.82, 2.24) is 5.48 Å². The molecule has 0 aliphatic carbocycles. The average Bonchev–Trinajstić information content (AvgIpc) is 2.53. The van der Waals surface area contributed by atoms with Crippen LogP contribution >= 0.6 is 23.2 Å². The molecule has 0 atom stereocenters. The van der Waals surface area contributed by atoms with Crippen molar-refractivity contribution < 1.29 is 19.7 Å². The molecule has 0 spiro atoms. The maximum absolute atomic E-state index is 11.7. The molecule has 0 radical (unpaired) electrons. The predicted molar refractivity (Wildman–Crippen MR) is 88.4 cm³/mol. The van der Waals surface area contributed by atoms with Crippen LogP contribution in [-0.2, 0) is 0 Å². The van der Waals surface area contributed by atoms with Gasteiger partial charge in [0.15, 0.2) is 0 Å². The van der Waals surface area contributed by atoms with Gasteiger partial charge in [-0.2, -0.15) is 0 Å². The van der Waals surface area contributed by atoms with Crippen molar-refractivity contribution in [2.75, 3.05) is 0 Å². The highest BCUT2D eigenvalue weighted by Gasteiger charge is 2.24. The second-order valence-electron chi connectivity index (χ2n) is 4.92. The van der Waals surface area contributed by atoms with Crippen molar-refractivity contribution in [1.29, 1.82) is 0 Å². The number of aryl methyl sites for hydroxylation is 1. The summed E-state index contributed by atoms with van der Waals surface area (Å²) in [6, 6.07) is 5.68. The second-order valence-corrected chi connectivity index (χ2v) is 5.71. The van der Waals surface area contributed by atoms with Gasteiger partial charge in [-0.1, -0.05) is 23.2 Å². The van der Waals surface area contributed by atoms with E-state index in [0.717, 1.165) is 6.07 Å². The van der Waals surface area contributed by atoms with E-state index >= 15 is 0 Å². The standard InChI is InChI=1S/C15H12Cl2N2O5/c1-7-5-9(6-10(15(20)18-21)14(7)19(22)23)24-12-4-3-11(16)8(2)13(12)17/h3-6,21H,1-2H3,(H,18,20). The summed E-state index contributed by atoms with van der Waals surface area (Å²) in [5, 5.41) is 20.7. The number of hydrogen-bond donors (Lipinski definition) is 2. The summed E-state index contributed by atoms with van der Waals surface area (Å²) in [5.41, 5.74) is 1.43. The Morgan fingerprint density at radius 3 is 2.54 bits per heavy atom. The molecule has 0 unspecified atom stereocenters. The first-order chi connectivity index (χ1) is 11.3. The highest BCUT2D eigenvalue weighted by molar-refractivity contribution is 6.36. The van der Waals surface area contributed by atoms with Gasteiger partial charge in [-0.25, -0.2) is 5.48 Å². The number of carbonyl (C=O) groups is 1. The number of ether oxygens (including phenoxy) is 1. The van der Waals surface area contributed by atoms with E-state index < -0.39 is 16.5 Å². The molecule has 7 nitrogen and oxygen atoms in total. The average molecular weight is 371 g/mol. The monoisotopic (exact) mass is 370 g/mol. The van der Waals surface area contributed by atoms with Crippen molar-refractivity contribution in [3.05, 3.63) is 61.1 Å². The molecule has 2 N–H and O–H groups in total. The fraction of sp³-hybridized carbons (Fsp3) is 0.133. The van der Waals surface area contributed by atoms with Crippen molar-refractivity contribution in [3.63, 3.8) is 0 Å². The largest absolute Gasteiger partial charge is 0.456 e. The van der Waals surface area contributed by atoms with Crippen LogP contribution in [0, 0.1) is 24.0 Å². The van der Waals surface area contributed by atoms with Crippen molar-refractivity contribution in [3.8, 4) is 11.5 Å². The molecule has 1 amide bonds. The van der Waals surface area contributed by atoms with Crippen LogP contribution in [0.4, 0.5) is 5.69 Å². The molecule has 0 bridgehead atoms. The maximum atomic E-state index is 11.7. The maximum Gasteiger partial charge on any atom is 0.285 e. The Balaban J connectivity index is 2.53. The third-order valence-corrected chi connectivity index (χ3v) is 4.19. The second kappa shape index (κ2) is 7.04. The van der Waals surface area contributed by atoms with Crippen molar-refractivity contribution in [2.24, 2.45) is 0 Å². The molecule has 0 heterocycles. The van der Waals surface area contributed by atoms with Crippen LogP contribution in [0.3, 0.4) is 0 Å². The highest BCUT2D eigenvalue weighted by Crippen LogP contribution is 2.37. The third-order valence-electron chi connectivity index (χ3n) is 3.32. The van der Waals surface area contributed by atoms with Crippen LogP contribution in [0.1, 0.15) is 21.5 Å². The molecule has 0 aliphatic heterocycles. The molecular weight excluding hydrogens is 359 g/mol. The predicted octanol–water partition coefficient (Wildman–Crippen LogP) is 4.43. The molecule has 0 saturated carbocycles. The van der Waals surface area contributed by atoms with Gasteiger partial charge in [0, 0.05) is 16.7 Å². The number of hydrogen-bond acceptors (Lipinski definition) is 5. The minimum atomic E-state index is -1.02. The van der Waals surface area contributed by atoms with E-state index in [4.69, 9.17) is 33.1 Å². The zero-order valence-electron chi connectivity index (χ0n) is 12.6. The van der Waals surface area contributed by atoms with Gasteiger partial charge >= 0.3 is 0 Å². The van der Waals surface area contributed by atoms with Crippen LogP contribution in [0.2, 0.25) is 10.0 Å². The van der Waals surface area contributed by atoms with E-state index in [1.165, 1.54) is 18.5 Å². The van der Waals surface area contributed by atoms with Gasteiger partial charge in [-0.3, -0.25) is 20.1 Å². The number of hydroxylamine groups is 1. The summed E-state index contributed by atoms with van der Waals surface area (Å²) in [4.78, 5) is 22.1. The number of nitrogens with zero attached hydrogens (tertiary/aromatic N) is 1. The first-order valence-corrected chi connectivity index (χ1v) is 7.37. The fourth-order valence-electron chi connectivity index (χ4n) is 2.12. The van der Waals surface area contributed by atoms with Crippen LogP contribution < -0.4 is 10.2 Å². The first kappa shape index (κ1) is 18.0. The number of halogens is 2. The molecule has 0 aliphatic rings. The number of amides is 1. The van der Waals surface area contributed by atoms with Gasteiger partial charge in [-0.05, 0) is 37.6 Å². The number of nitro benzene ring substituents is 1. The molecule has 2 aromatic carbocycles. The van der Waals surface area contributed by atoms with E-state index in [0.29, 0.717) is 10.6 Å². The van der Waals surface area contributed by atoms with E-state index in [2.05, 4.69) is 0 Å². The molecular formula is C15H12Cl2N2O5. The van der Waals surface area contributed by atoms with Gasteiger partial charge in [0.05, 0.1) is 9.95 Å². The Hall–Kier alpha value is -2.35. The summed E-state index contributed by atoms with van der Waals surface area (Å²) >= 11 is 12.1. The van der Waals surface area contributed by atoms with Crippen molar-refractivity contribution >= 4 is 34.8 Å². The summed E-state index contributed by atoms with van der Waals surface area (Å²) in [6.45, 7) is 3.16. The Bertz CT molecular complexity index is 839. The lowest BCUT2D eigenvalue weighted by atomic mass is 10.1. The van der Waals surface area contributed by atoms with Gasteiger partial charge in [0.1, 0.15) is 17.1 Å². The molecule has 24 heavy (non-hydrogen) atoms. The van der Waals surface area contributed by atoms with Gasteiger partial charge in [-0.15, -0.1) is 0 Å². The minimum Gasteiger partial charge on any atom is -0.456 e. The number of nitro groups is 1. The number of rotatable bonds is 4. The summed E-state index contributed by atoms with van der Waals surface area (Å²) < 4.78 is 5.62. The van der Waals surface area contributed by atoms with E-state index in [9.17, 15) is 14.9 Å². The van der Waals surface area contributed by atoms with Gasteiger partial charge < -0.3 is 4.74 Å². The van der Waals surface area contributed by atoms with E-state index in [-0.39, 0.29) is 27.6 Å². The molecule has 9 heteroatoms. The molecule has 2 aromatic rings. The lowest BCUT2D eigenvalue weighted by Crippen LogP contribution is -2.20. The van der Waals surface area contributed by atoms with Crippen LogP contribution in [0.25, 0.3) is 0 Å². The van der Waals surface area contributed by atoms with Gasteiger partial charge in [0.25, 0.3) is 11.6 Å². The molecule has 0 aromatic heterocycles. The van der Waals surface area contributed by atoms with E-state index in [1.54, 1.807) is 19.1 Å². The van der Waals surface area contributed by atoms with Crippen LogP contribution in [-0.4, -0.2) is 16.0 Å². The lowest BCUT2D eigenvalue weighted by Gasteiger charge is -2.12. The van der Waals surface area contributed by atoms with E-state index in [1.807, 2.05) is 0 Å². The summed E-state index contributed by atoms with van der Waals surface area (Å²) in [7, 11) is 0. The molecule has 126 valence electrons. The number of carbonyl (C=O) groups excluding carboxylic acids is 1. The third kappa shape index (κ3) is 3.43. The van der Waals surface area contributed by atoms with Gasteiger partial charge in [0.2, 0.25) is 0 Å². The fourth-order valence-corrected chi connectivity index (χ4v) is 2.53. The first-order valence-electron chi connectivity index (χ1n) is 6.62. The van der Waals surface area contributed by atoms with Crippen LogP contribution in [0.15, 0.2) is 24.3 Å². The lowest BCUT2D eigenvalue weighted by molar-refractivity contribution is -0.385. The Morgan fingerprint density at radius 2 is 1.96 bits per heavy atom. The van der Waals surface area contributed by atoms with Crippen molar-refractivity contribution in [2.45, 2.75) is 13.8 Å². The minimum absolute atomic E-state index is 0.153. The number of benzene rings is 2. The molecule has 0 saturated heterocycles. The topological polar surface area (TPSA) is 102 Å². The van der Waals surface area contributed by atoms with Crippen LogP contribution in [0.5, 0.6) is 11.5 Å². The summed E-state index contributed by atoms with van der Waals surface area (Å²) in [5.74, 6) is -0.587. The highest BCUT2D eigenvalue weighted by atomic mass is 35.5. The molecule has 0 fully saturated rings. The Kier molecular flexibility index (Phi) is 5.28. The smallest absolute Gasteiger partial charge is 0.285 e. The quantitative estimate of drug-likeness (QED) is 0.470. The number of nitrogens with one attached hydrogen (secondary N) is 1. The molecule has 2 rings (SSSR count). The Labute approximate surface area is 146 Å². The zero-order valence-corrected chi connectivity index (χ0v) is 14.1. The zero-order chi connectivity index (χ0) is 18.0. The summed E-state index contributed by atoms with van der Waals surface area (Å²) in [6.07, 6.45) is 0.